The van der Waals surface area contributed by atoms with Gasteiger partial charge in [0, 0.05) is 26.0 Å². The molecule has 1 heterocycles. The minimum atomic E-state index is -0.744. The van der Waals surface area contributed by atoms with Crippen LogP contribution in [0, 0.1) is 0 Å². The van der Waals surface area contributed by atoms with Crippen LogP contribution in [0.15, 0.2) is 30.3 Å². The number of hydrogen-bond donors (Lipinski definition) is 1. The van der Waals surface area contributed by atoms with Crippen molar-refractivity contribution in [1.29, 1.82) is 0 Å². The molecule has 5 nitrogen and oxygen atoms in total. The lowest BCUT2D eigenvalue weighted by atomic mass is 10.0. The van der Waals surface area contributed by atoms with Crippen molar-refractivity contribution >= 4 is 6.09 Å². The number of amides is 1. The van der Waals surface area contributed by atoms with E-state index in [0.29, 0.717) is 19.4 Å². The molecule has 0 aliphatic carbocycles. The molecular weight excluding hydrogens is 294 g/mol. The van der Waals surface area contributed by atoms with Crippen molar-refractivity contribution in [3.63, 3.8) is 0 Å². The van der Waals surface area contributed by atoms with Crippen molar-refractivity contribution in [3.8, 4) is 5.75 Å². The Balaban J connectivity index is 2.22. The summed E-state index contributed by atoms with van der Waals surface area (Å²) in [4.78, 5) is 14.3. The van der Waals surface area contributed by atoms with Crippen molar-refractivity contribution in [2.75, 3.05) is 13.2 Å². The third-order valence-corrected chi connectivity index (χ3v) is 3.83. The van der Waals surface area contributed by atoms with Crippen LogP contribution in [0.2, 0.25) is 0 Å². The predicted octanol–water partition coefficient (Wildman–Crippen LogP) is 3.57. The average Bonchev–Trinajstić information content (AvgIpc) is 2.88. The number of aliphatic hydroxyl groups is 1. The van der Waals surface area contributed by atoms with Gasteiger partial charge >= 0.3 is 6.09 Å². The second kappa shape index (κ2) is 7.21. The second-order valence-electron chi connectivity index (χ2n) is 6.92. The smallest absolute Gasteiger partial charge is 0.413 e. The van der Waals surface area contributed by atoms with E-state index >= 15 is 0 Å². The molecule has 1 aromatic rings. The van der Waals surface area contributed by atoms with Gasteiger partial charge in [-0.15, -0.1) is 0 Å². The van der Waals surface area contributed by atoms with Crippen molar-refractivity contribution in [2.45, 2.75) is 57.8 Å². The summed E-state index contributed by atoms with van der Waals surface area (Å²) < 4.78 is 11.8. The number of ether oxygens (including phenoxy) is 2. The summed E-state index contributed by atoms with van der Waals surface area (Å²) in [5, 5.41) is 9.23. The van der Waals surface area contributed by atoms with Gasteiger partial charge in [-0.25, -0.2) is 4.79 Å². The lowest BCUT2D eigenvalue weighted by Gasteiger charge is -2.39. The number of hydrogen-bond acceptors (Lipinski definition) is 4. The van der Waals surface area contributed by atoms with Crippen molar-refractivity contribution < 1.29 is 19.4 Å². The van der Waals surface area contributed by atoms with Gasteiger partial charge in [0.1, 0.15) is 11.4 Å². The summed E-state index contributed by atoms with van der Waals surface area (Å²) >= 11 is 0. The molecule has 1 atom stereocenters. The first-order chi connectivity index (χ1) is 10.9. The molecule has 0 bridgehead atoms. The molecular formula is C18H27NO4. The van der Waals surface area contributed by atoms with Crippen LogP contribution in [-0.4, -0.2) is 40.6 Å². The fourth-order valence-corrected chi connectivity index (χ4v) is 2.91. The third kappa shape index (κ3) is 4.61. The Kier molecular flexibility index (Phi) is 5.52. The number of likely N-dealkylation sites (tertiary alicyclic amines) is 1. The van der Waals surface area contributed by atoms with Gasteiger partial charge in [-0.05, 0) is 45.7 Å². The van der Waals surface area contributed by atoms with Gasteiger partial charge in [0.15, 0.2) is 5.72 Å². The molecule has 0 unspecified atom stereocenters. The summed E-state index contributed by atoms with van der Waals surface area (Å²) in [6, 6.07) is 9.50. The van der Waals surface area contributed by atoms with Crippen LogP contribution < -0.4 is 4.74 Å². The number of benzene rings is 1. The first-order valence-electron chi connectivity index (χ1n) is 8.22. The Morgan fingerprint density at radius 1 is 1.30 bits per heavy atom. The van der Waals surface area contributed by atoms with Gasteiger partial charge in [-0.1, -0.05) is 18.2 Å². The Bertz CT molecular complexity index is 512. The molecule has 0 radical (unpaired) electrons. The summed E-state index contributed by atoms with van der Waals surface area (Å²) in [7, 11) is 0. The fourth-order valence-electron chi connectivity index (χ4n) is 2.91. The first-order valence-corrected chi connectivity index (χ1v) is 8.22. The summed E-state index contributed by atoms with van der Waals surface area (Å²) in [6.45, 7) is 6.24. The van der Waals surface area contributed by atoms with Gasteiger partial charge in [-0.3, -0.25) is 4.90 Å². The number of para-hydroxylation sites is 1. The van der Waals surface area contributed by atoms with Crippen LogP contribution in [0.4, 0.5) is 4.79 Å². The number of carbonyl (C=O) groups excluding carboxylic acids is 1. The summed E-state index contributed by atoms with van der Waals surface area (Å²) in [6.07, 6.45) is 2.39. The van der Waals surface area contributed by atoms with Crippen LogP contribution >= 0.6 is 0 Å². The van der Waals surface area contributed by atoms with E-state index in [9.17, 15) is 9.90 Å². The Morgan fingerprint density at radius 2 is 2.00 bits per heavy atom. The van der Waals surface area contributed by atoms with E-state index < -0.39 is 11.3 Å². The minimum Gasteiger partial charge on any atom is -0.468 e. The topological polar surface area (TPSA) is 59.0 Å². The number of nitrogens with zero attached hydrogens (tertiary/aromatic N) is 1. The zero-order valence-corrected chi connectivity index (χ0v) is 14.2. The number of rotatable bonds is 5. The lowest BCUT2D eigenvalue weighted by molar-refractivity contribution is -0.0732. The van der Waals surface area contributed by atoms with Crippen LogP contribution in [0.25, 0.3) is 0 Å². The highest BCUT2D eigenvalue weighted by Crippen LogP contribution is 2.37. The molecule has 1 amide bonds. The molecule has 23 heavy (non-hydrogen) atoms. The highest BCUT2D eigenvalue weighted by molar-refractivity contribution is 5.69. The zero-order valence-electron chi connectivity index (χ0n) is 14.2. The van der Waals surface area contributed by atoms with Crippen LogP contribution in [0.1, 0.15) is 46.5 Å². The predicted molar refractivity (Wildman–Crippen MR) is 88.3 cm³/mol. The molecule has 1 aromatic carbocycles. The van der Waals surface area contributed by atoms with E-state index in [2.05, 4.69) is 0 Å². The standard InChI is InChI=1S/C18H27NO4/c1-17(2,3)23-16(21)19-13-7-11-18(19,12-8-14-20)22-15-9-5-4-6-10-15/h4-6,9-10,20H,7-8,11-14H2,1-3H3/t18-/m0/s1. The lowest BCUT2D eigenvalue weighted by Crippen LogP contribution is -2.53. The Morgan fingerprint density at radius 3 is 2.61 bits per heavy atom. The van der Waals surface area contributed by atoms with E-state index in [1.54, 1.807) is 4.90 Å². The quantitative estimate of drug-likeness (QED) is 0.901. The molecule has 1 N–H and O–H groups in total. The molecule has 0 aromatic heterocycles. The molecule has 128 valence electrons. The molecule has 1 aliphatic rings. The summed E-state index contributed by atoms with van der Waals surface area (Å²) in [5.41, 5.74) is -1.29. The summed E-state index contributed by atoms with van der Waals surface area (Å²) in [5.74, 6) is 0.723. The Labute approximate surface area is 138 Å². The molecule has 0 spiro atoms. The maximum atomic E-state index is 12.6. The fraction of sp³-hybridized carbons (Fsp3) is 0.611. The molecule has 0 saturated carbocycles. The molecule has 5 heteroatoms. The van der Waals surface area contributed by atoms with Gasteiger partial charge in [0.25, 0.3) is 0 Å². The maximum Gasteiger partial charge on any atom is 0.413 e. The first kappa shape index (κ1) is 17.6. The van der Waals surface area contributed by atoms with E-state index in [-0.39, 0.29) is 12.7 Å². The molecule has 1 saturated heterocycles. The zero-order chi connectivity index (χ0) is 16.9. The van der Waals surface area contributed by atoms with Gasteiger partial charge in [0.05, 0.1) is 0 Å². The normalized spacial score (nSPS) is 21.3. The third-order valence-electron chi connectivity index (χ3n) is 3.83. The number of carbonyl (C=O) groups is 1. The van der Waals surface area contributed by atoms with Crippen molar-refractivity contribution in [1.82, 2.24) is 4.90 Å². The highest BCUT2D eigenvalue weighted by atomic mass is 16.6. The van der Waals surface area contributed by atoms with Gasteiger partial charge < -0.3 is 14.6 Å². The van der Waals surface area contributed by atoms with Crippen LogP contribution in [0.3, 0.4) is 0 Å². The molecule has 1 fully saturated rings. The van der Waals surface area contributed by atoms with Crippen molar-refractivity contribution in [2.24, 2.45) is 0 Å². The van der Waals surface area contributed by atoms with E-state index in [1.165, 1.54) is 0 Å². The van der Waals surface area contributed by atoms with E-state index in [4.69, 9.17) is 9.47 Å². The van der Waals surface area contributed by atoms with Gasteiger partial charge in [-0.2, -0.15) is 0 Å². The minimum absolute atomic E-state index is 0.0715. The second-order valence-corrected chi connectivity index (χ2v) is 6.92. The molecule has 1 aliphatic heterocycles. The van der Waals surface area contributed by atoms with Crippen LogP contribution in [0.5, 0.6) is 5.75 Å². The molecule has 2 rings (SSSR count). The highest BCUT2D eigenvalue weighted by Gasteiger charge is 2.47. The van der Waals surface area contributed by atoms with Gasteiger partial charge in [0.2, 0.25) is 0 Å². The SMILES string of the molecule is CC(C)(C)OC(=O)N1CCC[C@@]1(CCCO)Oc1ccccc1. The monoisotopic (exact) mass is 321 g/mol. The van der Waals surface area contributed by atoms with E-state index in [1.807, 2.05) is 51.1 Å². The average molecular weight is 321 g/mol. The van der Waals surface area contributed by atoms with Crippen LogP contribution in [-0.2, 0) is 4.74 Å². The number of aliphatic hydroxyl groups excluding tert-OH is 1. The Hall–Kier alpha value is -1.75. The largest absolute Gasteiger partial charge is 0.468 e. The van der Waals surface area contributed by atoms with E-state index in [0.717, 1.165) is 18.6 Å². The maximum absolute atomic E-state index is 12.6. The van der Waals surface area contributed by atoms with Crippen molar-refractivity contribution in [3.05, 3.63) is 30.3 Å².